The van der Waals surface area contributed by atoms with Gasteiger partial charge in [-0.15, -0.1) is 0 Å². The molecule has 4 rings (SSSR count). The van der Waals surface area contributed by atoms with Crippen molar-refractivity contribution in [1.29, 1.82) is 0 Å². The number of aliphatic carboxylic acids is 1. The fourth-order valence-corrected chi connectivity index (χ4v) is 4.24. The van der Waals surface area contributed by atoms with Crippen LogP contribution >= 0.6 is 0 Å². The van der Waals surface area contributed by atoms with Gasteiger partial charge in [0.25, 0.3) is 5.91 Å². The van der Waals surface area contributed by atoms with E-state index in [1.165, 1.54) is 0 Å². The van der Waals surface area contributed by atoms with Crippen LogP contribution in [-0.4, -0.2) is 40.0 Å². The van der Waals surface area contributed by atoms with Crippen molar-refractivity contribution in [2.45, 2.75) is 19.3 Å². The van der Waals surface area contributed by atoms with Crippen LogP contribution in [0.5, 0.6) is 0 Å². The number of fused-ring (bicyclic) bond motifs is 2. The summed E-state index contributed by atoms with van der Waals surface area (Å²) in [5.41, 5.74) is 0.498. The molecule has 0 radical (unpaired) electrons. The minimum atomic E-state index is -0.758. The molecule has 1 amide bonds. The van der Waals surface area contributed by atoms with Crippen LogP contribution in [0.2, 0.25) is 0 Å². The number of hydrogen-bond acceptors (Lipinski definition) is 3. The predicted molar refractivity (Wildman–Crippen MR) is 85.1 cm³/mol. The number of likely N-dealkylation sites (tertiary alicyclic amines) is 1. The highest BCUT2D eigenvalue weighted by Gasteiger charge is 2.55. The van der Waals surface area contributed by atoms with Crippen LogP contribution in [0.4, 0.5) is 0 Å². The second-order valence-electron chi connectivity index (χ2n) is 6.62. The van der Waals surface area contributed by atoms with Crippen LogP contribution in [0.15, 0.2) is 36.5 Å². The number of hydrogen-bond donors (Lipinski definition) is 1. The lowest BCUT2D eigenvalue weighted by molar-refractivity contribution is -0.149. The molecule has 1 N–H and O–H groups in total. The van der Waals surface area contributed by atoms with Crippen molar-refractivity contribution in [2.24, 2.45) is 11.3 Å². The van der Waals surface area contributed by atoms with Crippen LogP contribution < -0.4 is 0 Å². The van der Waals surface area contributed by atoms with E-state index in [0.29, 0.717) is 30.6 Å². The molecular weight excluding hydrogens is 292 g/mol. The number of amides is 1. The van der Waals surface area contributed by atoms with E-state index in [1.54, 1.807) is 17.2 Å². The molecule has 23 heavy (non-hydrogen) atoms. The summed E-state index contributed by atoms with van der Waals surface area (Å²) < 4.78 is 0. The Bertz CT molecular complexity index is 798. The van der Waals surface area contributed by atoms with Gasteiger partial charge in [0.15, 0.2) is 0 Å². The van der Waals surface area contributed by atoms with E-state index in [4.69, 9.17) is 0 Å². The van der Waals surface area contributed by atoms with Crippen LogP contribution in [0.3, 0.4) is 0 Å². The summed E-state index contributed by atoms with van der Waals surface area (Å²) in [5, 5.41) is 10.6. The third kappa shape index (κ3) is 2.03. The molecule has 0 spiro atoms. The molecule has 5 heteroatoms. The Hall–Kier alpha value is -2.43. The topological polar surface area (TPSA) is 70.5 Å². The van der Waals surface area contributed by atoms with E-state index in [0.717, 1.165) is 18.2 Å². The van der Waals surface area contributed by atoms with Crippen molar-refractivity contribution in [1.82, 2.24) is 9.88 Å². The quantitative estimate of drug-likeness (QED) is 0.925. The first kappa shape index (κ1) is 14.2. The van der Waals surface area contributed by atoms with Gasteiger partial charge in [0.05, 0.1) is 16.5 Å². The van der Waals surface area contributed by atoms with E-state index in [-0.39, 0.29) is 11.8 Å². The maximum absolute atomic E-state index is 12.9. The van der Waals surface area contributed by atoms with Crippen LogP contribution in [-0.2, 0) is 4.79 Å². The summed E-state index contributed by atoms with van der Waals surface area (Å²) in [5.74, 6) is -0.789. The van der Waals surface area contributed by atoms with Crippen molar-refractivity contribution < 1.29 is 14.7 Å². The fourth-order valence-electron chi connectivity index (χ4n) is 4.24. The highest BCUT2D eigenvalue weighted by molar-refractivity contribution is 6.05. The molecular formula is C18H18N2O3. The van der Waals surface area contributed by atoms with Gasteiger partial charge in [0, 0.05) is 24.7 Å². The van der Waals surface area contributed by atoms with Gasteiger partial charge in [0.1, 0.15) is 0 Å². The Morgan fingerprint density at radius 3 is 2.87 bits per heavy atom. The van der Waals surface area contributed by atoms with E-state index >= 15 is 0 Å². The number of rotatable bonds is 2. The largest absolute Gasteiger partial charge is 0.481 e. The summed E-state index contributed by atoms with van der Waals surface area (Å²) >= 11 is 0. The molecule has 1 saturated carbocycles. The Morgan fingerprint density at radius 1 is 1.26 bits per heavy atom. The first-order valence-corrected chi connectivity index (χ1v) is 7.98. The molecule has 1 aromatic heterocycles. The number of aromatic nitrogens is 1. The maximum atomic E-state index is 12.9. The number of carboxylic acids is 1. The maximum Gasteiger partial charge on any atom is 0.311 e. The minimum Gasteiger partial charge on any atom is -0.481 e. The number of benzene rings is 1. The molecule has 0 bridgehead atoms. The lowest BCUT2D eigenvalue weighted by Gasteiger charge is -2.23. The average molecular weight is 310 g/mol. The van der Waals surface area contributed by atoms with E-state index in [2.05, 4.69) is 4.98 Å². The first-order chi connectivity index (χ1) is 11.1. The van der Waals surface area contributed by atoms with E-state index in [1.807, 2.05) is 24.3 Å². The molecule has 2 aliphatic rings. The van der Waals surface area contributed by atoms with Gasteiger partial charge in [-0.2, -0.15) is 0 Å². The molecule has 2 heterocycles. The zero-order chi connectivity index (χ0) is 16.0. The standard InChI is InChI=1S/C18H18N2O3/c21-16(14-7-1-4-12-5-3-9-19-15(12)14)20-10-13-6-2-8-18(13,11-20)17(22)23/h1,3-5,7,9,13H,2,6,8,10-11H2,(H,22,23)/t13-,18+/m0/s1. The molecule has 1 saturated heterocycles. The molecule has 118 valence electrons. The van der Waals surface area contributed by atoms with Gasteiger partial charge in [-0.3, -0.25) is 14.6 Å². The van der Waals surface area contributed by atoms with Crippen molar-refractivity contribution in [3.05, 3.63) is 42.1 Å². The molecule has 1 aliphatic heterocycles. The van der Waals surface area contributed by atoms with Gasteiger partial charge < -0.3 is 10.0 Å². The highest BCUT2D eigenvalue weighted by Crippen LogP contribution is 2.49. The van der Waals surface area contributed by atoms with Gasteiger partial charge in [0.2, 0.25) is 0 Å². The molecule has 5 nitrogen and oxygen atoms in total. The SMILES string of the molecule is O=C(c1cccc2cccnc12)N1C[C@@H]2CCC[C@@]2(C(=O)O)C1. The average Bonchev–Trinajstić information content (AvgIpc) is 3.12. The monoisotopic (exact) mass is 310 g/mol. The van der Waals surface area contributed by atoms with Crippen LogP contribution in [0, 0.1) is 11.3 Å². The number of carboxylic acid groups (broad SMARTS) is 1. The summed E-state index contributed by atoms with van der Waals surface area (Å²) in [6.45, 7) is 0.851. The molecule has 1 aliphatic carbocycles. The molecule has 2 aromatic rings. The number of para-hydroxylation sites is 1. The lowest BCUT2D eigenvalue weighted by atomic mass is 9.81. The molecule has 1 aromatic carbocycles. The Labute approximate surface area is 133 Å². The molecule has 2 fully saturated rings. The van der Waals surface area contributed by atoms with Gasteiger partial charge in [-0.1, -0.05) is 24.6 Å². The van der Waals surface area contributed by atoms with Gasteiger partial charge >= 0.3 is 5.97 Å². The third-order valence-electron chi connectivity index (χ3n) is 5.45. The van der Waals surface area contributed by atoms with E-state index < -0.39 is 11.4 Å². The number of carbonyl (C=O) groups is 2. The zero-order valence-corrected chi connectivity index (χ0v) is 12.7. The third-order valence-corrected chi connectivity index (χ3v) is 5.45. The van der Waals surface area contributed by atoms with Gasteiger partial charge in [-0.25, -0.2) is 0 Å². The summed E-state index contributed by atoms with van der Waals surface area (Å²) in [6, 6.07) is 9.32. The summed E-state index contributed by atoms with van der Waals surface area (Å²) in [7, 11) is 0. The van der Waals surface area contributed by atoms with Crippen molar-refractivity contribution in [2.75, 3.05) is 13.1 Å². The summed E-state index contributed by atoms with van der Waals surface area (Å²) in [6.07, 6.45) is 4.18. The zero-order valence-electron chi connectivity index (χ0n) is 12.7. The normalized spacial score (nSPS) is 26.4. The second kappa shape index (κ2) is 5.05. The Kier molecular flexibility index (Phi) is 3.11. The fraction of sp³-hybridized carbons (Fsp3) is 0.389. The smallest absolute Gasteiger partial charge is 0.311 e. The lowest BCUT2D eigenvalue weighted by Crippen LogP contribution is -2.37. The Balaban J connectivity index is 1.69. The molecule has 0 unspecified atom stereocenters. The number of carbonyl (C=O) groups excluding carboxylic acids is 1. The Morgan fingerprint density at radius 2 is 2.09 bits per heavy atom. The van der Waals surface area contributed by atoms with E-state index in [9.17, 15) is 14.7 Å². The van der Waals surface area contributed by atoms with Crippen LogP contribution in [0.25, 0.3) is 10.9 Å². The van der Waals surface area contributed by atoms with Crippen molar-refractivity contribution in [3.63, 3.8) is 0 Å². The van der Waals surface area contributed by atoms with Crippen molar-refractivity contribution >= 4 is 22.8 Å². The number of pyridine rings is 1. The number of nitrogens with zero attached hydrogens (tertiary/aromatic N) is 2. The van der Waals surface area contributed by atoms with Crippen LogP contribution in [0.1, 0.15) is 29.6 Å². The highest BCUT2D eigenvalue weighted by atomic mass is 16.4. The predicted octanol–water partition coefficient (Wildman–Crippen LogP) is 2.56. The second-order valence-corrected chi connectivity index (χ2v) is 6.62. The van der Waals surface area contributed by atoms with Crippen molar-refractivity contribution in [3.8, 4) is 0 Å². The summed E-state index contributed by atoms with van der Waals surface area (Å²) in [4.78, 5) is 30.8. The van der Waals surface area contributed by atoms with Gasteiger partial charge in [-0.05, 0) is 30.9 Å². The minimum absolute atomic E-state index is 0.0758. The first-order valence-electron chi connectivity index (χ1n) is 7.98. The molecule has 2 atom stereocenters.